The van der Waals surface area contributed by atoms with Gasteiger partial charge in [-0.25, -0.2) is 4.79 Å². The number of aryl methyl sites for hydroxylation is 1. The summed E-state index contributed by atoms with van der Waals surface area (Å²) in [4.78, 5) is 11.8. The Balaban J connectivity index is 1.52. The average Bonchev–Trinajstić information content (AvgIpc) is 3.04. The van der Waals surface area contributed by atoms with Crippen molar-refractivity contribution in [3.8, 4) is 0 Å². The Kier molecular flexibility index (Phi) is 3.18. The van der Waals surface area contributed by atoms with Gasteiger partial charge in [-0.05, 0) is 43.9 Å². The van der Waals surface area contributed by atoms with Crippen molar-refractivity contribution in [3.63, 3.8) is 0 Å². The summed E-state index contributed by atoms with van der Waals surface area (Å²) in [5.41, 5.74) is 0.737. The van der Waals surface area contributed by atoms with Crippen LogP contribution in [0.15, 0.2) is 10.6 Å². The van der Waals surface area contributed by atoms with Crippen molar-refractivity contribution in [3.05, 3.63) is 11.8 Å². The van der Waals surface area contributed by atoms with Crippen molar-refractivity contribution in [1.82, 2.24) is 10.5 Å². The van der Waals surface area contributed by atoms with Crippen LogP contribution >= 0.6 is 0 Å². The van der Waals surface area contributed by atoms with Crippen LogP contribution in [-0.4, -0.2) is 28.9 Å². The predicted molar refractivity (Wildman–Crippen MR) is 68.6 cm³/mol. The van der Waals surface area contributed by atoms with Crippen molar-refractivity contribution in [2.75, 3.05) is 11.9 Å². The van der Waals surface area contributed by atoms with E-state index in [4.69, 9.17) is 4.52 Å². The summed E-state index contributed by atoms with van der Waals surface area (Å²) in [5.74, 6) is 1.87. The lowest BCUT2D eigenvalue weighted by atomic mass is 9.86. The number of fused-ring (bicyclic) bond motifs is 2. The van der Waals surface area contributed by atoms with Gasteiger partial charge in [0.25, 0.3) is 0 Å². The van der Waals surface area contributed by atoms with Gasteiger partial charge in [0.2, 0.25) is 5.88 Å². The number of rotatable bonds is 3. The molecule has 2 aliphatic rings. The van der Waals surface area contributed by atoms with E-state index in [1.165, 1.54) is 0 Å². The molecule has 0 unspecified atom stereocenters. The Morgan fingerprint density at radius 2 is 2.32 bits per heavy atom. The maximum Gasteiger partial charge on any atom is 0.321 e. The van der Waals surface area contributed by atoms with Gasteiger partial charge in [0.1, 0.15) is 0 Å². The highest BCUT2D eigenvalue weighted by Crippen LogP contribution is 2.48. The Hall–Kier alpha value is -1.56. The fourth-order valence-corrected chi connectivity index (χ4v) is 3.53. The molecule has 3 rings (SSSR count). The smallest absolute Gasteiger partial charge is 0.321 e. The van der Waals surface area contributed by atoms with Gasteiger partial charge in [-0.2, -0.15) is 0 Å². The molecule has 104 valence electrons. The molecule has 2 bridgehead atoms. The molecule has 2 fully saturated rings. The van der Waals surface area contributed by atoms with Gasteiger partial charge in [0.15, 0.2) is 0 Å². The molecule has 0 radical (unpaired) electrons. The van der Waals surface area contributed by atoms with Crippen molar-refractivity contribution >= 4 is 11.9 Å². The van der Waals surface area contributed by atoms with E-state index in [0.717, 1.165) is 25.0 Å². The van der Waals surface area contributed by atoms with Crippen molar-refractivity contribution in [1.29, 1.82) is 0 Å². The Labute approximate surface area is 111 Å². The number of hydrogen-bond acceptors (Lipinski definition) is 4. The molecule has 0 spiro atoms. The molecule has 2 saturated carbocycles. The maximum atomic E-state index is 11.8. The van der Waals surface area contributed by atoms with E-state index in [-0.39, 0.29) is 18.7 Å². The number of aromatic nitrogens is 1. The summed E-state index contributed by atoms with van der Waals surface area (Å²) >= 11 is 0. The van der Waals surface area contributed by atoms with Crippen molar-refractivity contribution < 1.29 is 14.4 Å². The molecule has 0 aliphatic heterocycles. The lowest BCUT2D eigenvalue weighted by Crippen LogP contribution is -2.42. The minimum absolute atomic E-state index is 0.219. The highest BCUT2D eigenvalue weighted by molar-refractivity contribution is 5.88. The molecule has 1 aromatic rings. The molecule has 19 heavy (non-hydrogen) atoms. The zero-order valence-corrected chi connectivity index (χ0v) is 10.9. The number of nitrogens with zero attached hydrogens (tertiary/aromatic N) is 1. The fraction of sp³-hybridized carbons (Fsp3) is 0.692. The molecule has 3 N–H and O–H groups in total. The second-order valence-electron chi connectivity index (χ2n) is 5.71. The normalized spacial score (nSPS) is 32.5. The molecule has 6 heteroatoms. The number of aliphatic hydroxyl groups excluding tert-OH is 1. The summed E-state index contributed by atoms with van der Waals surface area (Å²) in [6.45, 7) is 2.08. The molecule has 2 amide bonds. The van der Waals surface area contributed by atoms with Gasteiger partial charge >= 0.3 is 6.03 Å². The van der Waals surface area contributed by atoms with Crippen LogP contribution in [0.2, 0.25) is 0 Å². The quantitative estimate of drug-likeness (QED) is 0.773. The maximum absolute atomic E-state index is 11.8. The first-order valence-electron chi connectivity index (χ1n) is 6.77. The SMILES string of the molecule is Cc1cc(NC(=O)N[C@@H]2C[C@H]3C[C@@H]2C[C@H]3CO)on1. The Morgan fingerprint density at radius 1 is 1.47 bits per heavy atom. The van der Waals surface area contributed by atoms with Gasteiger partial charge in [-0.3, -0.25) is 5.32 Å². The summed E-state index contributed by atoms with van der Waals surface area (Å²) in [6.07, 6.45) is 3.11. The summed E-state index contributed by atoms with van der Waals surface area (Å²) in [6, 6.07) is 1.66. The van der Waals surface area contributed by atoms with Gasteiger partial charge in [-0.15, -0.1) is 0 Å². The van der Waals surface area contributed by atoms with Gasteiger partial charge in [0.05, 0.1) is 5.69 Å². The average molecular weight is 265 g/mol. The van der Waals surface area contributed by atoms with E-state index < -0.39 is 0 Å². The van der Waals surface area contributed by atoms with Gasteiger partial charge in [0, 0.05) is 18.7 Å². The number of anilines is 1. The fourth-order valence-electron chi connectivity index (χ4n) is 3.53. The number of nitrogens with one attached hydrogen (secondary N) is 2. The third kappa shape index (κ3) is 2.45. The summed E-state index contributed by atoms with van der Waals surface area (Å²) in [5, 5.41) is 18.6. The van der Waals surface area contributed by atoms with Crippen LogP contribution in [0, 0.1) is 24.7 Å². The lowest BCUT2D eigenvalue weighted by molar-refractivity contribution is 0.165. The minimum Gasteiger partial charge on any atom is -0.396 e. The zero-order valence-electron chi connectivity index (χ0n) is 10.9. The number of carbonyl (C=O) groups excluding carboxylic acids is 1. The van der Waals surface area contributed by atoms with Crippen molar-refractivity contribution in [2.45, 2.75) is 32.2 Å². The van der Waals surface area contributed by atoms with E-state index in [2.05, 4.69) is 15.8 Å². The lowest BCUT2D eigenvalue weighted by Gasteiger charge is -2.27. The predicted octanol–water partition coefficient (Wildman–Crippen LogP) is 1.51. The Bertz CT molecular complexity index is 473. The van der Waals surface area contributed by atoms with E-state index in [0.29, 0.717) is 23.6 Å². The first-order chi connectivity index (χ1) is 9.15. The summed E-state index contributed by atoms with van der Waals surface area (Å²) < 4.78 is 4.94. The molecule has 1 aromatic heterocycles. The van der Waals surface area contributed by atoms with Crippen LogP contribution in [0.1, 0.15) is 25.0 Å². The first kappa shape index (κ1) is 12.5. The van der Waals surface area contributed by atoms with Crippen LogP contribution in [0.25, 0.3) is 0 Å². The van der Waals surface area contributed by atoms with Crippen molar-refractivity contribution in [2.24, 2.45) is 17.8 Å². The molecule has 4 atom stereocenters. The third-order valence-electron chi connectivity index (χ3n) is 4.42. The monoisotopic (exact) mass is 265 g/mol. The molecule has 0 saturated heterocycles. The van der Waals surface area contributed by atoms with Crippen LogP contribution in [0.3, 0.4) is 0 Å². The van der Waals surface area contributed by atoms with E-state index in [9.17, 15) is 9.90 Å². The first-order valence-corrected chi connectivity index (χ1v) is 6.77. The van der Waals surface area contributed by atoms with Crippen LogP contribution in [0.5, 0.6) is 0 Å². The highest BCUT2D eigenvalue weighted by atomic mass is 16.5. The van der Waals surface area contributed by atoms with E-state index in [1.807, 2.05) is 0 Å². The number of carbonyl (C=O) groups is 1. The zero-order chi connectivity index (χ0) is 13.4. The summed E-state index contributed by atoms with van der Waals surface area (Å²) in [7, 11) is 0. The Morgan fingerprint density at radius 3 is 2.89 bits per heavy atom. The third-order valence-corrected chi connectivity index (χ3v) is 4.42. The van der Waals surface area contributed by atoms with Crippen LogP contribution < -0.4 is 10.6 Å². The van der Waals surface area contributed by atoms with E-state index in [1.54, 1.807) is 13.0 Å². The minimum atomic E-state index is -0.241. The van der Waals surface area contributed by atoms with Crippen LogP contribution in [0.4, 0.5) is 10.7 Å². The molecule has 1 heterocycles. The van der Waals surface area contributed by atoms with E-state index >= 15 is 0 Å². The second kappa shape index (κ2) is 4.85. The van der Waals surface area contributed by atoms with Gasteiger partial charge < -0.3 is 14.9 Å². The van der Waals surface area contributed by atoms with Gasteiger partial charge in [-0.1, -0.05) is 5.16 Å². The number of hydrogen-bond donors (Lipinski definition) is 3. The number of aliphatic hydroxyl groups is 1. The number of urea groups is 1. The molecule has 0 aromatic carbocycles. The highest BCUT2D eigenvalue weighted by Gasteiger charge is 2.45. The van der Waals surface area contributed by atoms with Crippen LogP contribution in [-0.2, 0) is 0 Å². The number of amides is 2. The molecular formula is C13H19N3O3. The topological polar surface area (TPSA) is 87.4 Å². The standard InChI is InChI=1S/C13H19N3O3/c1-7-2-12(19-16-7)15-13(18)14-11-5-8-3-9(11)4-10(8)6-17/h2,8-11,17H,3-6H2,1H3,(H2,14,15,18)/t8-,9-,10+,11-/m1/s1. The molecule has 2 aliphatic carbocycles. The second-order valence-corrected chi connectivity index (χ2v) is 5.71. The largest absolute Gasteiger partial charge is 0.396 e. The molecule has 6 nitrogen and oxygen atoms in total. The molecular weight excluding hydrogens is 246 g/mol.